The van der Waals surface area contributed by atoms with Crippen LogP contribution in [0.3, 0.4) is 0 Å². The summed E-state index contributed by atoms with van der Waals surface area (Å²) in [4.78, 5) is 25.9. The monoisotopic (exact) mass is 417 g/mol. The van der Waals surface area contributed by atoms with Crippen molar-refractivity contribution in [2.75, 3.05) is 47.9 Å². The van der Waals surface area contributed by atoms with Gasteiger partial charge in [-0.05, 0) is 38.1 Å². The molecule has 1 N–H and O–H groups in total. The van der Waals surface area contributed by atoms with E-state index in [1.807, 2.05) is 44.2 Å². The lowest BCUT2D eigenvalue weighted by atomic mass is 10.2. The summed E-state index contributed by atoms with van der Waals surface area (Å²) < 4.78 is 5.67. The van der Waals surface area contributed by atoms with E-state index in [2.05, 4.69) is 49.4 Å². The van der Waals surface area contributed by atoms with E-state index in [0.717, 1.165) is 43.1 Å². The van der Waals surface area contributed by atoms with Gasteiger partial charge in [-0.1, -0.05) is 35.9 Å². The normalized spacial score (nSPS) is 13.7. The van der Waals surface area contributed by atoms with Crippen molar-refractivity contribution in [3.05, 3.63) is 71.9 Å². The van der Waals surface area contributed by atoms with Crippen molar-refractivity contribution in [1.82, 2.24) is 9.97 Å². The molecule has 0 radical (unpaired) electrons. The number of nitrogens with one attached hydrogen (secondary N) is 1. The first-order valence-corrected chi connectivity index (χ1v) is 10.5. The van der Waals surface area contributed by atoms with E-state index < -0.39 is 0 Å². The number of amides is 1. The number of ether oxygens (including phenoxy) is 1. The standard InChI is InChI=1S/C24H27N5O2/c1-18-8-10-20(11-9-18)26-22(30)17-31-23-16-19(2)25-24(27-23)29-14-12-28(13-15-29)21-6-4-3-5-7-21/h3-11,16H,12-15,17H2,1-2H3,(H,26,30). The first-order valence-electron chi connectivity index (χ1n) is 10.5. The molecular weight excluding hydrogens is 390 g/mol. The SMILES string of the molecule is Cc1ccc(NC(=O)COc2cc(C)nc(N3CCN(c4ccccc4)CC3)n2)cc1. The number of piperazine rings is 1. The fraction of sp³-hybridized carbons (Fsp3) is 0.292. The molecule has 1 amide bonds. The summed E-state index contributed by atoms with van der Waals surface area (Å²) >= 11 is 0. The highest BCUT2D eigenvalue weighted by molar-refractivity contribution is 5.91. The molecule has 2 heterocycles. The first kappa shape index (κ1) is 20.7. The molecule has 7 nitrogen and oxygen atoms in total. The Balaban J connectivity index is 1.34. The van der Waals surface area contributed by atoms with Gasteiger partial charge in [-0.15, -0.1) is 0 Å². The summed E-state index contributed by atoms with van der Waals surface area (Å²) in [5.41, 5.74) is 3.93. The van der Waals surface area contributed by atoms with Gasteiger partial charge in [0.05, 0.1) is 0 Å². The number of aromatic nitrogens is 2. The summed E-state index contributed by atoms with van der Waals surface area (Å²) in [6, 6.07) is 19.8. The molecular formula is C24H27N5O2. The lowest BCUT2D eigenvalue weighted by molar-refractivity contribution is -0.118. The first-order chi connectivity index (χ1) is 15.1. The molecule has 3 aromatic rings. The van der Waals surface area contributed by atoms with Crippen molar-refractivity contribution in [1.29, 1.82) is 0 Å². The lowest BCUT2D eigenvalue weighted by Crippen LogP contribution is -2.47. The molecule has 1 aromatic heterocycles. The van der Waals surface area contributed by atoms with Gasteiger partial charge in [0.1, 0.15) is 0 Å². The molecule has 31 heavy (non-hydrogen) atoms. The smallest absolute Gasteiger partial charge is 0.262 e. The second-order valence-corrected chi connectivity index (χ2v) is 7.66. The van der Waals surface area contributed by atoms with Crippen LogP contribution < -0.4 is 19.9 Å². The maximum Gasteiger partial charge on any atom is 0.262 e. The van der Waals surface area contributed by atoms with E-state index >= 15 is 0 Å². The quantitative estimate of drug-likeness (QED) is 0.663. The highest BCUT2D eigenvalue weighted by atomic mass is 16.5. The molecule has 0 unspecified atom stereocenters. The van der Waals surface area contributed by atoms with Crippen molar-refractivity contribution < 1.29 is 9.53 Å². The number of carbonyl (C=O) groups is 1. The molecule has 1 saturated heterocycles. The van der Waals surface area contributed by atoms with Gasteiger partial charge < -0.3 is 19.9 Å². The summed E-state index contributed by atoms with van der Waals surface area (Å²) in [5.74, 6) is 0.826. The number of carbonyl (C=O) groups excluding carboxylic acids is 1. The highest BCUT2D eigenvalue weighted by Gasteiger charge is 2.20. The van der Waals surface area contributed by atoms with Gasteiger partial charge in [-0.2, -0.15) is 4.98 Å². The van der Waals surface area contributed by atoms with Crippen molar-refractivity contribution in [2.45, 2.75) is 13.8 Å². The summed E-state index contributed by atoms with van der Waals surface area (Å²) in [6.45, 7) is 7.26. The topological polar surface area (TPSA) is 70.6 Å². The van der Waals surface area contributed by atoms with Crippen molar-refractivity contribution in [3.8, 4) is 5.88 Å². The van der Waals surface area contributed by atoms with Crippen LogP contribution in [0.1, 0.15) is 11.3 Å². The Hall–Kier alpha value is -3.61. The van der Waals surface area contributed by atoms with E-state index in [9.17, 15) is 4.79 Å². The van der Waals surface area contributed by atoms with Crippen LogP contribution >= 0.6 is 0 Å². The zero-order valence-electron chi connectivity index (χ0n) is 17.9. The van der Waals surface area contributed by atoms with Crippen molar-refractivity contribution >= 4 is 23.2 Å². The fourth-order valence-electron chi connectivity index (χ4n) is 3.52. The molecule has 0 saturated carbocycles. The van der Waals surface area contributed by atoms with Gasteiger partial charge in [0.25, 0.3) is 5.91 Å². The van der Waals surface area contributed by atoms with Gasteiger partial charge in [-0.25, -0.2) is 4.98 Å². The number of aryl methyl sites for hydroxylation is 2. The maximum atomic E-state index is 12.2. The molecule has 1 fully saturated rings. The van der Waals surface area contributed by atoms with E-state index in [4.69, 9.17) is 4.74 Å². The number of benzene rings is 2. The van der Waals surface area contributed by atoms with Crippen LogP contribution in [0, 0.1) is 13.8 Å². The molecule has 4 rings (SSSR count). The molecule has 0 atom stereocenters. The molecule has 0 aliphatic carbocycles. The van der Waals surface area contributed by atoms with Gasteiger partial charge in [0.2, 0.25) is 11.8 Å². The Bertz CT molecular complexity index is 1020. The van der Waals surface area contributed by atoms with Gasteiger partial charge in [0.15, 0.2) is 6.61 Å². The summed E-state index contributed by atoms with van der Waals surface area (Å²) in [7, 11) is 0. The molecule has 0 spiro atoms. The van der Waals surface area contributed by atoms with Crippen LogP contribution in [0.2, 0.25) is 0 Å². The summed E-state index contributed by atoms with van der Waals surface area (Å²) in [6.07, 6.45) is 0. The van der Waals surface area contributed by atoms with Crippen LogP contribution in [-0.4, -0.2) is 48.7 Å². The molecule has 7 heteroatoms. The largest absolute Gasteiger partial charge is 0.467 e. The third kappa shape index (κ3) is 5.51. The second-order valence-electron chi connectivity index (χ2n) is 7.66. The van der Waals surface area contributed by atoms with Crippen molar-refractivity contribution in [3.63, 3.8) is 0 Å². The average Bonchev–Trinajstić information content (AvgIpc) is 2.80. The minimum absolute atomic E-state index is 0.106. The highest BCUT2D eigenvalue weighted by Crippen LogP contribution is 2.20. The average molecular weight is 418 g/mol. The molecule has 2 aromatic carbocycles. The fourth-order valence-corrected chi connectivity index (χ4v) is 3.52. The van der Waals surface area contributed by atoms with Crippen LogP contribution in [0.25, 0.3) is 0 Å². The van der Waals surface area contributed by atoms with Gasteiger partial charge in [0, 0.05) is 49.3 Å². The summed E-state index contributed by atoms with van der Waals surface area (Å²) in [5, 5.41) is 2.83. The zero-order chi connectivity index (χ0) is 21.6. The van der Waals surface area contributed by atoms with Crippen LogP contribution in [0.5, 0.6) is 5.88 Å². The van der Waals surface area contributed by atoms with Crippen LogP contribution in [0.4, 0.5) is 17.3 Å². The molecule has 1 aliphatic heterocycles. The third-order valence-corrected chi connectivity index (χ3v) is 5.19. The number of nitrogens with zero attached hydrogens (tertiary/aromatic N) is 4. The minimum atomic E-state index is -0.224. The Labute approximate surface area is 182 Å². The predicted octanol–water partition coefficient (Wildman–Crippen LogP) is 3.44. The number of para-hydroxylation sites is 1. The molecule has 1 aliphatic rings. The zero-order valence-corrected chi connectivity index (χ0v) is 17.9. The minimum Gasteiger partial charge on any atom is -0.467 e. The number of rotatable bonds is 6. The van der Waals surface area contributed by atoms with Crippen LogP contribution in [0.15, 0.2) is 60.7 Å². The third-order valence-electron chi connectivity index (χ3n) is 5.19. The van der Waals surface area contributed by atoms with E-state index in [0.29, 0.717) is 11.8 Å². The maximum absolute atomic E-state index is 12.2. The second kappa shape index (κ2) is 9.47. The molecule has 0 bridgehead atoms. The Morgan fingerprint density at radius 2 is 1.61 bits per heavy atom. The van der Waals surface area contributed by atoms with Crippen molar-refractivity contribution in [2.24, 2.45) is 0 Å². The Morgan fingerprint density at radius 1 is 0.935 bits per heavy atom. The number of anilines is 3. The van der Waals surface area contributed by atoms with E-state index in [-0.39, 0.29) is 12.5 Å². The van der Waals surface area contributed by atoms with E-state index in [1.165, 1.54) is 5.69 Å². The molecule has 160 valence electrons. The Kier molecular flexibility index (Phi) is 6.31. The van der Waals surface area contributed by atoms with E-state index in [1.54, 1.807) is 6.07 Å². The predicted molar refractivity (Wildman–Crippen MR) is 123 cm³/mol. The van der Waals surface area contributed by atoms with Crippen LogP contribution in [-0.2, 0) is 4.79 Å². The number of hydrogen-bond donors (Lipinski definition) is 1. The van der Waals surface area contributed by atoms with Gasteiger partial charge >= 0.3 is 0 Å². The number of hydrogen-bond acceptors (Lipinski definition) is 6. The Morgan fingerprint density at radius 3 is 2.32 bits per heavy atom. The van der Waals surface area contributed by atoms with Gasteiger partial charge in [-0.3, -0.25) is 4.79 Å². The lowest BCUT2D eigenvalue weighted by Gasteiger charge is -2.36.